The van der Waals surface area contributed by atoms with Crippen LogP contribution in [-0.4, -0.2) is 41.8 Å². The number of hydrogen-bond acceptors (Lipinski definition) is 4. The number of aliphatic hydroxyl groups excluding tert-OH is 1. The molecule has 2 aromatic rings. The van der Waals surface area contributed by atoms with Crippen molar-refractivity contribution in [2.45, 2.75) is 50.9 Å². The Kier molecular flexibility index (Phi) is 6.07. The first-order valence-corrected chi connectivity index (χ1v) is 10.2. The highest BCUT2D eigenvalue weighted by Gasteiger charge is 2.19. The van der Waals surface area contributed by atoms with Crippen LogP contribution in [0.2, 0.25) is 0 Å². The number of rotatable bonds is 8. The summed E-state index contributed by atoms with van der Waals surface area (Å²) in [6.07, 6.45) is 4.46. The predicted octanol–water partition coefficient (Wildman–Crippen LogP) is 3.13. The summed E-state index contributed by atoms with van der Waals surface area (Å²) in [4.78, 5) is 2.32. The first kappa shape index (κ1) is 18.5. The zero-order chi connectivity index (χ0) is 18.5. The molecule has 1 saturated carbocycles. The Balaban J connectivity index is 1.26. The lowest BCUT2D eigenvalue weighted by Gasteiger charge is -2.30. The largest absolute Gasteiger partial charge is 0.491 e. The number of nitrogens with one attached hydrogen (secondary N) is 1. The second-order valence-corrected chi connectivity index (χ2v) is 7.84. The Bertz CT molecular complexity index is 745. The van der Waals surface area contributed by atoms with Gasteiger partial charge < -0.3 is 15.2 Å². The standard InChI is InChI=1S/C23H30N2O2/c26-22(16-25-13-12-18-6-1-2-8-20(18)15-25)17-27-23-11-4-3-7-19(23)14-24-21-9-5-10-21/h1-4,6-8,11,21-22,24,26H,5,9-10,12-17H2. The summed E-state index contributed by atoms with van der Waals surface area (Å²) in [7, 11) is 0. The van der Waals surface area contributed by atoms with Crippen LogP contribution in [0.15, 0.2) is 48.5 Å². The minimum absolute atomic E-state index is 0.332. The van der Waals surface area contributed by atoms with E-state index >= 15 is 0 Å². The molecule has 2 N–H and O–H groups in total. The summed E-state index contributed by atoms with van der Waals surface area (Å²) in [6.45, 7) is 3.72. The van der Waals surface area contributed by atoms with Gasteiger partial charge in [-0.3, -0.25) is 4.90 Å². The number of benzene rings is 2. The Morgan fingerprint density at radius 2 is 1.85 bits per heavy atom. The van der Waals surface area contributed by atoms with Crippen LogP contribution in [0, 0.1) is 0 Å². The Morgan fingerprint density at radius 3 is 2.67 bits per heavy atom. The maximum Gasteiger partial charge on any atom is 0.123 e. The van der Waals surface area contributed by atoms with Crippen LogP contribution in [0.3, 0.4) is 0 Å². The van der Waals surface area contributed by atoms with E-state index < -0.39 is 6.10 Å². The lowest BCUT2D eigenvalue weighted by molar-refractivity contribution is 0.0634. The van der Waals surface area contributed by atoms with Gasteiger partial charge in [-0.25, -0.2) is 0 Å². The lowest BCUT2D eigenvalue weighted by Crippen LogP contribution is -2.39. The third-order valence-corrected chi connectivity index (χ3v) is 5.77. The third-order valence-electron chi connectivity index (χ3n) is 5.77. The number of aliphatic hydroxyl groups is 1. The van der Waals surface area contributed by atoms with Crippen molar-refractivity contribution >= 4 is 0 Å². The first-order chi connectivity index (χ1) is 13.3. The molecule has 0 radical (unpaired) electrons. The molecular weight excluding hydrogens is 336 g/mol. The Morgan fingerprint density at radius 1 is 1.07 bits per heavy atom. The highest BCUT2D eigenvalue weighted by atomic mass is 16.5. The molecule has 1 atom stereocenters. The normalized spacial score (nSPS) is 18.6. The number of hydrogen-bond donors (Lipinski definition) is 2. The van der Waals surface area contributed by atoms with Crippen molar-refractivity contribution in [1.82, 2.24) is 10.2 Å². The molecular formula is C23H30N2O2. The van der Waals surface area contributed by atoms with Gasteiger partial charge in [0.2, 0.25) is 0 Å². The molecule has 4 nitrogen and oxygen atoms in total. The van der Waals surface area contributed by atoms with Crippen LogP contribution in [0.5, 0.6) is 5.75 Å². The topological polar surface area (TPSA) is 44.7 Å². The molecule has 0 amide bonds. The van der Waals surface area contributed by atoms with E-state index in [-0.39, 0.29) is 0 Å². The number of β-amino-alcohol motifs (C(OH)–C–C–N with tert-alkyl or cyclic N) is 1. The number of nitrogens with zero attached hydrogens (tertiary/aromatic N) is 1. The van der Waals surface area contributed by atoms with Gasteiger partial charge in [0.1, 0.15) is 18.5 Å². The van der Waals surface area contributed by atoms with Crippen LogP contribution in [0.1, 0.15) is 36.0 Å². The van der Waals surface area contributed by atoms with Crippen LogP contribution in [-0.2, 0) is 19.5 Å². The molecule has 1 heterocycles. The fourth-order valence-electron chi connectivity index (χ4n) is 3.90. The van der Waals surface area contributed by atoms with Gasteiger partial charge in [-0.2, -0.15) is 0 Å². The van der Waals surface area contributed by atoms with Gasteiger partial charge in [0.15, 0.2) is 0 Å². The first-order valence-electron chi connectivity index (χ1n) is 10.2. The van der Waals surface area contributed by atoms with Crippen LogP contribution in [0.4, 0.5) is 0 Å². The lowest BCUT2D eigenvalue weighted by atomic mass is 9.93. The molecule has 1 aliphatic carbocycles. The molecule has 144 valence electrons. The number of ether oxygens (including phenoxy) is 1. The van der Waals surface area contributed by atoms with Crippen LogP contribution < -0.4 is 10.1 Å². The average Bonchev–Trinajstić information content (AvgIpc) is 2.66. The highest BCUT2D eigenvalue weighted by molar-refractivity contribution is 5.33. The van der Waals surface area contributed by atoms with Crippen LogP contribution in [0.25, 0.3) is 0 Å². The van der Waals surface area contributed by atoms with Gasteiger partial charge in [-0.1, -0.05) is 48.9 Å². The van der Waals surface area contributed by atoms with Gasteiger partial charge in [-0.15, -0.1) is 0 Å². The van der Waals surface area contributed by atoms with E-state index in [0.717, 1.165) is 31.8 Å². The minimum atomic E-state index is -0.483. The summed E-state index contributed by atoms with van der Waals surface area (Å²) < 4.78 is 5.98. The number of fused-ring (bicyclic) bond motifs is 1. The SMILES string of the molecule is OC(COc1ccccc1CNC1CCC1)CN1CCc2ccccc2C1. The maximum absolute atomic E-state index is 10.5. The molecule has 0 saturated heterocycles. The van der Waals surface area contributed by atoms with E-state index in [1.807, 2.05) is 18.2 Å². The molecule has 27 heavy (non-hydrogen) atoms. The van der Waals surface area contributed by atoms with Gasteiger partial charge in [0.05, 0.1) is 0 Å². The van der Waals surface area contributed by atoms with Gasteiger partial charge in [0, 0.05) is 37.8 Å². The summed E-state index contributed by atoms with van der Waals surface area (Å²) >= 11 is 0. The molecule has 2 aliphatic rings. The van der Waals surface area contributed by atoms with E-state index in [1.165, 1.54) is 36.0 Å². The van der Waals surface area contributed by atoms with Crippen molar-refractivity contribution in [1.29, 1.82) is 0 Å². The number of para-hydroxylation sites is 1. The smallest absolute Gasteiger partial charge is 0.123 e. The molecule has 4 heteroatoms. The van der Waals surface area contributed by atoms with Crippen molar-refractivity contribution in [2.24, 2.45) is 0 Å². The summed E-state index contributed by atoms with van der Waals surface area (Å²) in [5.74, 6) is 0.882. The second-order valence-electron chi connectivity index (χ2n) is 7.84. The predicted molar refractivity (Wildman–Crippen MR) is 108 cm³/mol. The second kappa shape index (κ2) is 8.87. The molecule has 0 bridgehead atoms. The fraction of sp³-hybridized carbons (Fsp3) is 0.478. The van der Waals surface area contributed by atoms with Gasteiger partial charge in [0.25, 0.3) is 0 Å². The van der Waals surface area contributed by atoms with Crippen molar-refractivity contribution in [2.75, 3.05) is 19.7 Å². The molecule has 1 fully saturated rings. The van der Waals surface area contributed by atoms with Crippen molar-refractivity contribution < 1.29 is 9.84 Å². The average molecular weight is 367 g/mol. The molecule has 1 unspecified atom stereocenters. The van der Waals surface area contributed by atoms with E-state index in [9.17, 15) is 5.11 Å². The van der Waals surface area contributed by atoms with E-state index in [4.69, 9.17) is 4.74 Å². The fourth-order valence-corrected chi connectivity index (χ4v) is 3.90. The molecule has 0 spiro atoms. The van der Waals surface area contributed by atoms with Gasteiger partial charge >= 0.3 is 0 Å². The van der Waals surface area contributed by atoms with Crippen LogP contribution >= 0.6 is 0 Å². The van der Waals surface area contributed by atoms with Crippen molar-refractivity contribution in [3.05, 3.63) is 65.2 Å². The van der Waals surface area contributed by atoms with Crippen molar-refractivity contribution in [3.8, 4) is 5.75 Å². The summed E-state index contributed by atoms with van der Waals surface area (Å²) in [5.41, 5.74) is 3.99. The quantitative estimate of drug-likeness (QED) is 0.753. The maximum atomic E-state index is 10.5. The zero-order valence-corrected chi connectivity index (χ0v) is 15.9. The molecule has 4 rings (SSSR count). The summed E-state index contributed by atoms with van der Waals surface area (Å²) in [5, 5.41) is 14.1. The van der Waals surface area contributed by atoms with E-state index in [0.29, 0.717) is 19.2 Å². The third kappa shape index (κ3) is 4.89. The highest BCUT2D eigenvalue weighted by Crippen LogP contribution is 2.22. The summed E-state index contributed by atoms with van der Waals surface area (Å²) in [6, 6.07) is 17.4. The molecule has 1 aliphatic heterocycles. The Labute approximate surface area is 162 Å². The van der Waals surface area contributed by atoms with Gasteiger partial charge in [-0.05, 0) is 36.5 Å². The Hall–Kier alpha value is -1.88. The van der Waals surface area contributed by atoms with E-state index in [2.05, 4.69) is 40.5 Å². The van der Waals surface area contributed by atoms with E-state index in [1.54, 1.807) is 0 Å². The monoisotopic (exact) mass is 366 g/mol. The minimum Gasteiger partial charge on any atom is -0.491 e. The molecule has 0 aromatic heterocycles. The molecule has 2 aromatic carbocycles. The zero-order valence-electron chi connectivity index (χ0n) is 15.9. The van der Waals surface area contributed by atoms with Crippen molar-refractivity contribution in [3.63, 3.8) is 0 Å².